The van der Waals surface area contributed by atoms with E-state index < -0.39 is 5.97 Å². The lowest BCUT2D eigenvalue weighted by molar-refractivity contribution is -0.136. The first kappa shape index (κ1) is 16.4. The smallest absolute Gasteiger partial charge is 0.303 e. The zero-order chi connectivity index (χ0) is 11.6. The summed E-state index contributed by atoms with van der Waals surface area (Å²) in [5, 5.41) is 7.84. The number of rotatable bonds is 2. The van der Waals surface area contributed by atoms with Crippen LogP contribution < -0.4 is 0 Å². The Bertz CT molecular complexity index is 136. The number of carboxylic acid groups (broad SMARTS) is 1. The molecule has 0 spiro atoms. The Labute approximate surface area is 95.3 Å². The number of aliphatic carboxylic acids is 1. The molecule has 0 aromatic rings. The van der Waals surface area contributed by atoms with Crippen molar-refractivity contribution >= 4 is 29.2 Å². The zero-order valence-corrected chi connectivity index (χ0v) is 10.3. The van der Waals surface area contributed by atoms with Crippen LogP contribution in [0.1, 0.15) is 27.2 Å². The molecular formula is C9H18Cl2O3. The molecule has 0 aliphatic carbocycles. The summed E-state index contributed by atoms with van der Waals surface area (Å²) in [7, 11) is 0. The summed E-state index contributed by atoms with van der Waals surface area (Å²) in [6, 6.07) is 0. The Balaban J connectivity index is 0. The van der Waals surface area contributed by atoms with E-state index in [9.17, 15) is 4.79 Å². The molecule has 2 unspecified atom stereocenters. The van der Waals surface area contributed by atoms with E-state index in [1.807, 2.05) is 6.92 Å². The van der Waals surface area contributed by atoms with Gasteiger partial charge in [-0.15, -0.1) is 23.2 Å². The summed E-state index contributed by atoms with van der Waals surface area (Å²) >= 11 is 10.5. The van der Waals surface area contributed by atoms with Gasteiger partial charge in [-0.05, 0) is 13.8 Å². The highest BCUT2D eigenvalue weighted by molar-refractivity contribution is 6.27. The average molecular weight is 245 g/mol. The molecule has 5 heteroatoms. The van der Waals surface area contributed by atoms with Gasteiger partial charge in [-0.2, -0.15) is 0 Å². The third-order valence-corrected chi connectivity index (χ3v) is 1.79. The minimum Gasteiger partial charge on any atom is -0.481 e. The number of carboxylic acids is 1. The van der Waals surface area contributed by atoms with Crippen LogP contribution in [0.5, 0.6) is 0 Å². The highest BCUT2D eigenvalue weighted by Crippen LogP contribution is 2.04. The average Bonchev–Trinajstić information content (AvgIpc) is 2.89. The number of hydrogen-bond donors (Lipinski definition) is 1. The molecule has 0 bridgehead atoms. The number of hydrogen-bond acceptors (Lipinski definition) is 2. The highest BCUT2D eigenvalue weighted by Gasteiger charge is 2.13. The van der Waals surface area contributed by atoms with Crippen LogP contribution in [0.25, 0.3) is 0 Å². The van der Waals surface area contributed by atoms with Crippen LogP contribution in [0.15, 0.2) is 0 Å². The van der Waals surface area contributed by atoms with Gasteiger partial charge in [0.25, 0.3) is 0 Å². The maximum Gasteiger partial charge on any atom is 0.303 e. The number of halogens is 2. The molecule has 1 saturated heterocycles. The van der Waals surface area contributed by atoms with E-state index in [0.29, 0.717) is 12.0 Å². The molecule has 0 saturated carbocycles. The Morgan fingerprint density at radius 3 is 1.93 bits per heavy atom. The molecule has 14 heavy (non-hydrogen) atoms. The standard InChI is InChI=1S/C3H6Cl2.C3H6O2.C3H6O/c1-3(5)2-4;1-2-3(4)5;1-3-2-4-3/h3H,2H2,1H3;2H2,1H3,(H,4,5);3H,2H2,1H3. The van der Waals surface area contributed by atoms with Gasteiger partial charge in [0.15, 0.2) is 0 Å². The third-order valence-electron chi connectivity index (χ3n) is 1.02. The lowest BCUT2D eigenvalue weighted by Gasteiger charge is -1.85. The maximum atomic E-state index is 9.37. The number of ether oxygens (including phenoxy) is 1. The van der Waals surface area contributed by atoms with Gasteiger partial charge >= 0.3 is 5.97 Å². The van der Waals surface area contributed by atoms with Gasteiger partial charge in [0.05, 0.1) is 12.7 Å². The zero-order valence-electron chi connectivity index (χ0n) is 8.80. The Morgan fingerprint density at radius 2 is 1.93 bits per heavy atom. The lowest BCUT2D eigenvalue weighted by atomic mass is 10.5. The molecule has 1 aliphatic rings. The van der Waals surface area contributed by atoms with Gasteiger partial charge < -0.3 is 9.84 Å². The first-order valence-electron chi connectivity index (χ1n) is 4.47. The van der Waals surface area contributed by atoms with Crippen LogP contribution in [0.3, 0.4) is 0 Å². The monoisotopic (exact) mass is 244 g/mol. The van der Waals surface area contributed by atoms with Gasteiger partial charge in [0.2, 0.25) is 0 Å². The summed E-state index contributed by atoms with van der Waals surface area (Å²) in [4.78, 5) is 9.37. The quantitative estimate of drug-likeness (QED) is 0.601. The van der Waals surface area contributed by atoms with Crippen LogP contribution >= 0.6 is 23.2 Å². The van der Waals surface area contributed by atoms with Crippen molar-refractivity contribution in [2.75, 3.05) is 12.5 Å². The number of carbonyl (C=O) groups is 1. The van der Waals surface area contributed by atoms with E-state index in [1.54, 1.807) is 6.92 Å². The van der Waals surface area contributed by atoms with Gasteiger partial charge in [-0.3, -0.25) is 4.79 Å². The fourth-order valence-electron chi connectivity index (χ4n) is 0.0962. The first-order valence-corrected chi connectivity index (χ1v) is 5.44. The minimum absolute atomic E-state index is 0.122. The molecule has 0 amide bonds. The first-order chi connectivity index (χ1) is 6.43. The Hall–Kier alpha value is 0.01000. The molecule has 0 radical (unpaired) electrons. The van der Waals surface area contributed by atoms with Crippen LogP contribution in [-0.4, -0.2) is 35.0 Å². The Morgan fingerprint density at radius 1 is 1.71 bits per heavy atom. The second-order valence-corrected chi connectivity index (χ2v) is 3.88. The molecule has 86 valence electrons. The molecular weight excluding hydrogens is 227 g/mol. The van der Waals surface area contributed by atoms with Crippen molar-refractivity contribution in [2.24, 2.45) is 0 Å². The van der Waals surface area contributed by atoms with E-state index in [1.165, 1.54) is 0 Å². The van der Waals surface area contributed by atoms with Gasteiger partial charge in [0.1, 0.15) is 0 Å². The van der Waals surface area contributed by atoms with Crippen LogP contribution in [-0.2, 0) is 9.53 Å². The molecule has 1 fully saturated rings. The van der Waals surface area contributed by atoms with Gasteiger partial charge in [-0.1, -0.05) is 6.92 Å². The summed E-state index contributed by atoms with van der Waals surface area (Å²) in [5.74, 6) is -0.202. The predicted molar refractivity (Wildman–Crippen MR) is 59.4 cm³/mol. The largest absolute Gasteiger partial charge is 0.481 e. The third kappa shape index (κ3) is 29.6. The lowest BCUT2D eigenvalue weighted by Crippen LogP contribution is -1.87. The van der Waals surface area contributed by atoms with Crippen molar-refractivity contribution < 1.29 is 14.6 Å². The minimum atomic E-state index is -0.745. The van der Waals surface area contributed by atoms with E-state index in [2.05, 4.69) is 6.92 Å². The summed E-state index contributed by atoms with van der Waals surface area (Å²) in [5.41, 5.74) is 0. The van der Waals surface area contributed by atoms with Crippen molar-refractivity contribution in [3.05, 3.63) is 0 Å². The Kier molecular flexibility index (Phi) is 13.0. The fraction of sp³-hybridized carbons (Fsp3) is 0.889. The molecule has 1 heterocycles. The van der Waals surface area contributed by atoms with Gasteiger partial charge in [-0.25, -0.2) is 0 Å². The van der Waals surface area contributed by atoms with Crippen molar-refractivity contribution in [1.82, 2.24) is 0 Å². The summed E-state index contributed by atoms with van der Waals surface area (Å²) in [6.45, 7) is 6.50. The molecule has 1 aliphatic heterocycles. The SMILES string of the molecule is CC(Cl)CCl.CC1CO1.CCC(=O)O. The predicted octanol–water partition coefficient (Wildman–Crippen LogP) is 2.74. The van der Waals surface area contributed by atoms with Crippen molar-refractivity contribution in [3.8, 4) is 0 Å². The summed E-state index contributed by atoms with van der Waals surface area (Å²) < 4.78 is 4.71. The molecule has 0 aromatic carbocycles. The molecule has 0 aromatic heterocycles. The topological polar surface area (TPSA) is 49.8 Å². The normalized spacial score (nSPS) is 19.4. The van der Waals surface area contributed by atoms with Gasteiger partial charge in [0, 0.05) is 17.7 Å². The second kappa shape index (κ2) is 11.1. The maximum absolute atomic E-state index is 9.37. The van der Waals surface area contributed by atoms with E-state index in [-0.39, 0.29) is 11.8 Å². The van der Waals surface area contributed by atoms with Crippen LogP contribution in [0, 0.1) is 0 Å². The molecule has 2 atom stereocenters. The van der Waals surface area contributed by atoms with Crippen molar-refractivity contribution in [1.29, 1.82) is 0 Å². The highest BCUT2D eigenvalue weighted by atomic mass is 35.5. The summed E-state index contributed by atoms with van der Waals surface area (Å²) in [6.07, 6.45) is 0.806. The van der Waals surface area contributed by atoms with E-state index in [0.717, 1.165) is 6.61 Å². The fourth-order valence-corrected chi connectivity index (χ4v) is 0.0962. The van der Waals surface area contributed by atoms with E-state index >= 15 is 0 Å². The number of epoxide rings is 1. The van der Waals surface area contributed by atoms with Crippen LogP contribution in [0.4, 0.5) is 0 Å². The van der Waals surface area contributed by atoms with Crippen LogP contribution in [0.2, 0.25) is 0 Å². The molecule has 3 nitrogen and oxygen atoms in total. The van der Waals surface area contributed by atoms with Crippen molar-refractivity contribution in [2.45, 2.75) is 38.7 Å². The second-order valence-electron chi connectivity index (χ2n) is 2.83. The molecule has 1 N–H and O–H groups in total. The number of alkyl halides is 2. The van der Waals surface area contributed by atoms with E-state index in [4.69, 9.17) is 33.0 Å². The molecule has 1 rings (SSSR count). The van der Waals surface area contributed by atoms with Crippen molar-refractivity contribution in [3.63, 3.8) is 0 Å².